The molecule has 2 rings (SSSR count). The fourth-order valence-electron chi connectivity index (χ4n) is 2.60. The Hall–Kier alpha value is -0.320. The number of hydrogen-bond donors (Lipinski definition) is 2. The number of rotatable bonds is 4. The van der Waals surface area contributed by atoms with E-state index in [-0.39, 0.29) is 6.04 Å². The maximum Gasteiger partial charge on any atom is 0.145 e. The van der Waals surface area contributed by atoms with Gasteiger partial charge in [0.1, 0.15) is 5.82 Å². The van der Waals surface area contributed by atoms with Gasteiger partial charge in [-0.05, 0) is 40.8 Å². The molecule has 18 heavy (non-hydrogen) atoms. The molecule has 0 spiro atoms. The fourth-order valence-corrected chi connectivity index (χ4v) is 3.29. The molecule has 0 radical (unpaired) electrons. The monoisotopic (exact) mass is 331 g/mol. The predicted octanol–water partition coefficient (Wildman–Crippen LogP) is 3.82. The van der Waals surface area contributed by atoms with Crippen molar-refractivity contribution < 1.29 is 0 Å². The Balaban J connectivity index is 2.04. The molecule has 5 heteroatoms. The van der Waals surface area contributed by atoms with E-state index < -0.39 is 0 Å². The van der Waals surface area contributed by atoms with Crippen LogP contribution in [0.3, 0.4) is 0 Å². The average Bonchev–Trinajstić information content (AvgIpc) is 2.39. The van der Waals surface area contributed by atoms with Crippen molar-refractivity contribution in [2.45, 2.75) is 38.1 Å². The van der Waals surface area contributed by atoms with Crippen LogP contribution in [0.15, 0.2) is 16.7 Å². The minimum absolute atomic E-state index is 0.275. The predicted molar refractivity (Wildman–Crippen MR) is 80.0 cm³/mol. The zero-order chi connectivity index (χ0) is 13.0. The van der Waals surface area contributed by atoms with Gasteiger partial charge in [-0.2, -0.15) is 0 Å². The molecule has 0 bridgehead atoms. The van der Waals surface area contributed by atoms with Crippen molar-refractivity contribution in [3.8, 4) is 0 Å². The van der Waals surface area contributed by atoms with Gasteiger partial charge in [0.15, 0.2) is 0 Å². The Morgan fingerprint density at radius 3 is 2.78 bits per heavy atom. The summed E-state index contributed by atoms with van der Waals surface area (Å²) in [6, 6.07) is 2.13. The first-order valence-corrected chi connectivity index (χ1v) is 7.65. The molecular formula is C13H19BrClN3. The summed E-state index contributed by atoms with van der Waals surface area (Å²) in [6.07, 6.45) is 8.23. The Morgan fingerprint density at radius 2 is 2.17 bits per heavy atom. The lowest BCUT2D eigenvalue weighted by Gasteiger charge is -2.30. The van der Waals surface area contributed by atoms with Gasteiger partial charge in [0.05, 0.1) is 5.02 Å². The maximum absolute atomic E-state index is 6.17. The summed E-state index contributed by atoms with van der Waals surface area (Å²) >= 11 is 9.53. The molecule has 3 N–H and O–H groups in total. The Kier molecular flexibility index (Phi) is 5.27. The van der Waals surface area contributed by atoms with Crippen LogP contribution in [-0.4, -0.2) is 17.6 Å². The summed E-state index contributed by atoms with van der Waals surface area (Å²) in [6.45, 7) is 0.624. The molecule has 1 atom stereocenters. The van der Waals surface area contributed by atoms with E-state index in [4.69, 9.17) is 17.3 Å². The number of pyridine rings is 1. The molecule has 1 aromatic rings. The third kappa shape index (κ3) is 3.59. The van der Waals surface area contributed by atoms with E-state index in [0.717, 1.165) is 10.3 Å². The summed E-state index contributed by atoms with van der Waals surface area (Å²) in [5, 5.41) is 4.04. The summed E-state index contributed by atoms with van der Waals surface area (Å²) in [4.78, 5) is 4.31. The number of halogens is 2. The number of aromatic nitrogens is 1. The van der Waals surface area contributed by atoms with E-state index >= 15 is 0 Å². The molecule has 1 fully saturated rings. The van der Waals surface area contributed by atoms with E-state index in [9.17, 15) is 0 Å². The Labute approximate surface area is 122 Å². The zero-order valence-corrected chi connectivity index (χ0v) is 12.7. The van der Waals surface area contributed by atoms with Crippen LogP contribution in [0.1, 0.15) is 32.1 Å². The third-order valence-electron chi connectivity index (χ3n) is 3.60. The van der Waals surface area contributed by atoms with Crippen molar-refractivity contribution in [3.05, 3.63) is 21.8 Å². The van der Waals surface area contributed by atoms with E-state index in [2.05, 4.69) is 26.2 Å². The van der Waals surface area contributed by atoms with Crippen molar-refractivity contribution >= 4 is 33.3 Å². The highest BCUT2D eigenvalue weighted by Gasteiger charge is 2.23. The average molecular weight is 333 g/mol. The first-order valence-electron chi connectivity index (χ1n) is 6.48. The standard InChI is InChI=1S/C13H19BrClN3/c14-10-6-11(15)13(17-8-10)18-12(7-16)9-4-2-1-3-5-9/h6,8-9,12H,1-5,7,16H2,(H,17,18). The number of nitrogens with one attached hydrogen (secondary N) is 1. The van der Waals surface area contributed by atoms with Crippen molar-refractivity contribution in [2.24, 2.45) is 11.7 Å². The largest absolute Gasteiger partial charge is 0.365 e. The molecule has 0 saturated heterocycles. The van der Waals surface area contributed by atoms with Crippen molar-refractivity contribution in [1.82, 2.24) is 4.98 Å². The molecule has 100 valence electrons. The van der Waals surface area contributed by atoms with Crippen molar-refractivity contribution in [3.63, 3.8) is 0 Å². The van der Waals surface area contributed by atoms with Gasteiger partial charge in [0, 0.05) is 23.3 Å². The topological polar surface area (TPSA) is 50.9 Å². The highest BCUT2D eigenvalue weighted by atomic mass is 79.9. The fraction of sp³-hybridized carbons (Fsp3) is 0.615. The quantitative estimate of drug-likeness (QED) is 0.881. The second-order valence-corrected chi connectivity index (χ2v) is 6.19. The number of anilines is 1. The van der Waals surface area contributed by atoms with Crippen LogP contribution in [0.4, 0.5) is 5.82 Å². The SMILES string of the molecule is NCC(Nc1ncc(Br)cc1Cl)C1CCCCC1. The first-order chi connectivity index (χ1) is 8.70. The van der Waals surface area contributed by atoms with Gasteiger partial charge in [0.2, 0.25) is 0 Å². The smallest absolute Gasteiger partial charge is 0.145 e. The molecule has 1 unspecified atom stereocenters. The zero-order valence-electron chi connectivity index (χ0n) is 10.3. The van der Waals surface area contributed by atoms with Gasteiger partial charge in [-0.1, -0.05) is 30.9 Å². The van der Waals surface area contributed by atoms with Crippen molar-refractivity contribution in [1.29, 1.82) is 0 Å². The molecule has 1 saturated carbocycles. The second kappa shape index (κ2) is 6.73. The lowest BCUT2D eigenvalue weighted by atomic mass is 9.84. The van der Waals surface area contributed by atoms with E-state index in [1.807, 2.05) is 6.07 Å². The second-order valence-electron chi connectivity index (χ2n) is 4.87. The van der Waals surface area contributed by atoms with Gasteiger partial charge >= 0.3 is 0 Å². The van der Waals surface area contributed by atoms with Crippen LogP contribution in [-0.2, 0) is 0 Å². The van der Waals surface area contributed by atoms with Gasteiger partial charge < -0.3 is 11.1 Å². The molecule has 0 aromatic carbocycles. The molecule has 1 heterocycles. The molecule has 1 aliphatic rings. The van der Waals surface area contributed by atoms with E-state index in [0.29, 0.717) is 17.5 Å². The van der Waals surface area contributed by atoms with Gasteiger partial charge in [-0.15, -0.1) is 0 Å². The van der Waals surface area contributed by atoms with Crippen LogP contribution in [0.2, 0.25) is 5.02 Å². The molecular weight excluding hydrogens is 314 g/mol. The normalized spacial score (nSPS) is 18.6. The van der Waals surface area contributed by atoms with E-state index in [1.54, 1.807) is 6.20 Å². The summed E-state index contributed by atoms with van der Waals surface area (Å²) in [5.41, 5.74) is 5.89. The molecule has 1 aromatic heterocycles. The minimum atomic E-state index is 0.275. The van der Waals surface area contributed by atoms with Crippen LogP contribution in [0, 0.1) is 5.92 Å². The Bertz CT molecular complexity index is 394. The van der Waals surface area contributed by atoms with Crippen molar-refractivity contribution in [2.75, 3.05) is 11.9 Å². The molecule has 0 aliphatic heterocycles. The van der Waals surface area contributed by atoms with Gasteiger partial charge in [0.25, 0.3) is 0 Å². The maximum atomic E-state index is 6.17. The van der Waals surface area contributed by atoms with Crippen LogP contribution in [0.5, 0.6) is 0 Å². The van der Waals surface area contributed by atoms with Gasteiger partial charge in [-0.25, -0.2) is 4.98 Å². The summed E-state index contributed by atoms with van der Waals surface area (Å²) in [5.74, 6) is 1.38. The van der Waals surface area contributed by atoms with Gasteiger partial charge in [-0.3, -0.25) is 0 Å². The Morgan fingerprint density at radius 1 is 1.44 bits per heavy atom. The lowest BCUT2D eigenvalue weighted by molar-refractivity contribution is 0.320. The molecule has 0 amide bonds. The molecule has 3 nitrogen and oxygen atoms in total. The first kappa shape index (κ1) is 14.1. The number of nitrogens with two attached hydrogens (primary N) is 1. The van der Waals surface area contributed by atoms with Crippen LogP contribution >= 0.6 is 27.5 Å². The van der Waals surface area contributed by atoms with Crippen LogP contribution in [0.25, 0.3) is 0 Å². The number of hydrogen-bond acceptors (Lipinski definition) is 3. The highest BCUT2D eigenvalue weighted by molar-refractivity contribution is 9.10. The third-order valence-corrected chi connectivity index (χ3v) is 4.32. The lowest BCUT2D eigenvalue weighted by Crippen LogP contribution is -2.37. The van der Waals surface area contributed by atoms with Crippen LogP contribution < -0.4 is 11.1 Å². The molecule has 1 aliphatic carbocycles. The minimum Gasteiger partial charge on any atom is -0.365 e. The summed E-state index contributed by atoms with van der Waals surface area (Å²) in [7, 11) is 0. The number of nitrogens with zero attached hydrogens (tertiary/aromatic N) is 1. The summed E-state index contributed by atoms with van der Waals surface area (Å²) < 4.78 is 0.889. The van der Waals surface area contributed by atoms with E-state index in [1.165, 1.54) is 32.1 Å². The highest BCUT2D eigenvalue weighted by Crippen LogP contribution is 2.29.